The monoisotopic (exact) mass is 426 g/mol. The van der Waals surface area contributed by atoms with Crippen molar-refractivity contribution >= 4 is 11.8 Å². The summed E-state index contributed by atoms with van der Waals surface area (Å²) in [4.78, 5) is 23.9. The molecule has 4 rings (SSSR count). The lowest BCUT2D eigenvalue weighted by Crippen LogP contribution is -2.61. The van der Waals surface area contributed by atoms with Crippen LogP contribution in [-0.2, 0) is 14.3 Å². The molecule has 1 unspecified atom stereocenters. The molecule has 7 heteroatoms. The van der Waals surface area contributed by atoms with Crippen molar-refractivity contribution in [2.45, 2.75) is 70.8 Å². The largest absolute Gasteiger partial charge is 0.462 e. The Morgan fingerprint density at radius 2 is 2.00 bits per heavy atom. The van der Waals surface area contributed by atoms with E-state index < -0.39 is 52.8 Å². The molecule has 1 N–H and O–H groups in total. The quantitative estimate of drug-likeness (QED) is 0.688. The van der Waals surface area contributed by atoms with Gasteiger partial charge in [-0.1, -0.05) is 13.0 Å². The lowest BCUT2D eigenvalue weighted by molar-refractivity contribution is -0.154. The average molecular weight is 426 g/mol. The fourth-order valence-corrected chi connectivity index (χ4v) is 6.60. The predicted octanol–water partition coefficient (Wildman–Crippen LogP) is 4.17. The molecule has 0 spiro atoms. The second-order valence-corrected chi connectivity index (χ2v) is 10.1. The highest BCUT2D eigenvalue weighted by Gasteiger charge is 2.68. The standard InChI is InChI=1S/C23H29F3O4/c1-12(11-27)20(29)30-13-8-14-15-9-16(24)18-19(25)17(28)4-5-22(18,3)23(15,26)7-6-21(14,2)10-13/h4-5,12-16,27H,6-11H2,1-3H3/t12?,13-,14+,15+,16+,21-,22+,23-/m1/s1. The van der Waals surface area contributed by atoms with E-state index in [1.807, 2.05) is 6.92 Å². The molecule has 4 nitrogen and oxygen atoms in total. The first-order chi connectivity index (χ1) is 14.0. The molecule has 0 bridgehead atoms. The minimum atomic E-state index is -1.87. The summed E-state index contributed by atoms with van der Waals surface area (Å²) in [6, 6.07) is 0. The first-order valence-electron chi connectivity index (χ1n) is 10.7. The molecule has 0 aromatic rings. The summed E-state index contributed by atoms with van der Waals surface area (Å²) in [5, 5.41) is 9.17. The maximum Gasteiger partial charge on any atom is 0.311 e. The third-order valence-electron chi connectivity index (χ3n) is 8.42. The van der Waals surface area contributed by atoms with Crippen molar-refractivity contribution in [1.82, 2.24) is 0 Å². The first-order valence-corrected chi connectivity index (χ1v) is 10.7. The highest BCUT2D eigenvalue weighted by Crippen LogP contribution is 2.68. The van der Waals surface area contributed by atoms with E-state index in [0.717, 1.165) is 6.08 Å². The fraction of sp³-hybridized carbons (Fsp3) is 0.739. The molecule has 0 aromatic carbocycles. The molecular formula is C23H29F3O4. The summed E-state index contributed by atoms with van der Waals surface area (Å²) >= 11 is 0. The van der Waals surface area contributed by atoms with Crippen LogP contribution < -0.4 is 0 Å². The highest BCUT2D eigenvalue weighted by atomic mass is 19.2. The molecule has 0 aromatic heterocycles. The van der Waals surface area contributed by atoms with Gasteiger partial charge in [-0.25, -0.2) is 13.2 Å². The number of carbonyl (C=O) groups is 2. The molecule has 0 aliphatic heterocycles. The fourth-order valence-electron chi connectivity index (χ4n) is 6.60. The number of aliphatic hydroxyl groups is 1. The zero-order valence-corrected chi connectivity index (χ0v) is 17.6. The Hall–Kier alpha value is -1.63. The lowest BCUT2D eigenvalue weighted by Gasteiger charge is -2.60. The lowest BCUT2D eigenvalue weighted by atomic mass is 9.46. The predicted molar refractivity (Wildman–Crippen MR) is 103 cm³/mol. The molecule has 8 atom stereocenters. The van der Waals surface area contributed by atoms with Gasteiger partial charge in [0.25, 0.3) is 0 Å². The third kappa shape index (κ3) is 2.84. The summed E-state index contributed by atoms with van der Waals surface area (Å²) in [6.45, 7) is 4.80. The van der Waals surface area contributed by atoms with Gasteiger partial charge in [0.15, 0.2) is 5.83 Å². The highest BCUT2D eigenvalue weighted by molar-refractivity contribution is 6.04. The number of hydrogen-bond acceptors (Lipinski definition) is 4. The van der Waals surface area contributed by atoms with Crippen LogP contribution in [0.5, 0.6) is 0 Å². The number of alkyl halides is 2. The van der Waals surface area contributed by atoms with Crippen LogP contribution in [0.15, 0.2) is 23.6 Å². The summed E-state index contributed by atoms with van der Waals surface area (Å²) in [7, 11) is 0. The Bertz CT molecular complexity index is 838. The summed E-state index contributed by atoms with van der Waals surface area (Å²) < 4.78 is 52.1. The van der Waals surface area contributed by atoms with Gasteiger partial charge in [-0.15, -0.1) is 0 Å². The number of halogens is 3. The van der Waals surface area contributed by atoms with Gasteiger partial charge in [0.2, 0.25) is 5.78 Å². The Balaban J connectivity index is 1.66. The molecular weight excluding hydrogens is 397 g/mol. The molecule has 4 aliphatic rings. The average Bonchev–Trinajstić information content (AvgIpc) is 3.02. The number of esters is 1. The summed E-state index contributed by atoms with van der Waals surface area (Å²) in [5.41, 5.74) is -4.04. The van der Waals surface area contributed by atoms with Crippen molar-refractivity contribution in [1.29, 1.82) is 0 Å². The molecule has 30 heavy (non-hydrogen) atoms. The molecule has 0 saturated heterocycles. The summed E-state index contributed by atoms with van der Waals surface area (Å²) in [5.74, 6) is -4.07. The van der Waals surface area contributed by atoms with Gasteiger partial charge < -0.3 is 9.84 Å². The van der Waals surface area contributed by atoms with Crippen molar-refractivity contribution < 1.29 is 32.6 Å². The van der Waals surface area contributed by atoms with Gasteiger partial charge in [0.05, 0.1) is 12.5 Å². The van der Waals surface area contributed by atoms with Crippen molar-refractivity contribution in [3.63, 3.8) is 0 Å². The Morgan fingerprint density at radius 3 is 2.67 bits per heavy atom. The molecule has 4 aliphatic carbocycles. The van der Waals surface area contributed by atoms with Crippen LogP contribution in [0.3, 0.4) is 0 Å². The molecule has 0 heterocycles. The van der Waals surface area contributed by atoms with E-state index in [4.69, 9.17) is 4.74 Å². The smallest absolute Gasteiger partial charge is 0.311 e. The van der Waals surface area contributed by atoms with E-state index in [0.29, 0.717) is 19.3 Å². The van der Waals surface area contributed by atoms with Crippen molar-refractivity contribution in [3.8, 4) is 0 Å². The van der Waals surface area contributed by atoms with E-state index >= 15 is 8.78 Å². The van der Waals surface area contributed by atoms with E-state index in [9.17, 15) is 19.1 Å². The number of allylic oxidation sites excluding steroid dienone is 4. The van der Waals surface area contributed by atoms with Crippen LogP contribution in [-0.4, -0.2) is 41.4 Å². The zero-order valence-electron chi connectivity index (χ0n) is 17.6. The number of rotatable bonds is 3. The normalized spacial score (nSPS) is 46.2. The van der Waals surface area contributed by atoms with E-state index in [1.165, 1.54) is 13.0 Å². The van der Waals surface area contributed by atoms with Crippen LogP contribution in [0, 0.1) is 28.6 Å². The van der Waals surface area contributed by atoms with Crippen molar-refractivity contribution in [2.75, 3.05) is 6.61 Å². The maximum absolute atomic E-state index is 16.7. The SMILES string of the molecule is CC(CO)C(=O)O[C@@H]1C[C@H]2[C@@H]3C[C@H](F)C4=C(F)C(=O)C=C[C@]4(C)[C@@]3(F)CC[C@]2(C)C1. The van der Waals surface area contributed by atoms with Gasteiger partial charge in [0.1, 0.15) is 17.9 Å². The van der Waals surface area contributed by atoms with Gasteiger partial charge in [-0.2, -0.15) is 0 Å². The van der Waals surface area contributed by atoms with Crippen molar-refractivity contribution in [3.05, 3.63) is 23.6 Å². The molecule has 0 amide bonds. The number of ketones is 1. The van der Waals surface area contributed by atoms with Gasteiger partial charge in [0, 0.05) is 16.9 Å². The topological polar surface area (TPSA) is 63.6 Å². The molecule has 3 saturated carbocycles. The Labute approximate surface area is 174 Å². The zero-order chi connectivity index (χ0) is 22.1. The second-order valence-electron chi connectivity index (χ2n) is 10.1. The van der Waals surface area contributed by atoms with Crippen molar-refractivity contribution in [2.24, 2.45) is 28.6 Å². The van der Waals surface area contributed by atoms with Gasteiger partial charge in [-0.05, 0) is 63.4 Å². The van der Waals surface area contributed by atoms with Crippen LogP contribution in [0.25, 0.3) is 0 Å². The second kappa shape index (κ2) is 6.94. The number of ether oxygens (including phenoxy) is 1. The Morgan fingerprint density at radius 1 is 1.30 bits per heavy atom. The number of aliphatic hydroxyl groups excluding tert-OH is 1. The van der Waals surface area contributed by atoms with Gasteiger partial charge >= 0.3 is 5.97 Å². The minimum absolute atomic E-state index is 0.136. The minimum Gasteiger partial charge on any atom is -0.462 e. The van der Waals surface area contributed by atoms with E-state index in [-0.39, 0.29) is 36.4 Å². The van der Waals surface area contributed by atoms with Crippen LogP contribution in [0.4, 0.5) is 13.2 Å². The summed E-state index contributed by atoms with van der Waals surface area (Å²) in [6.07, 6.45) is 1.70. The van der Waals surface area contributed by atoms with E-state index in [1.54, 1.807) is 6.92 Å². The van der Waals surface area contributed by atoms with Crippen LogP contribution >= 0.6 is 0 Å². The van der Waals surface area contributed by atoms with Gasteiger partial charge in [-0.3, -0.25) is 9.59 Å². The van der Waals surface area contributed by atoms with Crippen LogP contribution in [0.1, 0.15) is 52.9 Å². The first kappa shape index (κ1) is 21.6. The number of carbonyl (C=O) groups excluding carboxylic acids is 2. The maximum atomic E-state index is 16.7. The molecule has 166 valence electrons. The number of hydrogen-bond donors (Lipinski definition) is 1. The van der Waals surface area contributed by atoms with E-state index in [2.05, 4.69) is 0 Å². The molecule has 3 fully saturated rings. The third-order valence-corrected chi connectivity index (χ3v) is 8.42. The molecule has 0 radical (unpaired) electrons. The van der Waals surface area contributed by atoms with Crippen LogP contribution in [0.2, 0.25) is 0 Å². The Kier molecular flexibility index (Phi) is 5.00. The number of fused-ring (bicyclic) bond motifs is 5.